The van der Waals surface area contributed by atoms with Crippen LogP contribution >= 0.6 is 0 Å². The Morgan fingerprint density at radius 2 is 1.94 bits per heavy atom. The van der Waals surface area contributed by atoms with E-state index in [1.54, 1.807) is 24.1 Å². The van der Waals surface area contributed by atoms with Crippen LogP contribution in [0.3, 0.4) is 0 Å². The Labute approximate surface area is 181 Å². The second-order valence-corrected chi connectivity index (χ2v) is 7.31. The molecule has 1 saturated heterocycles. The van der Waals surface area contributed by atoms with Crippen molar-refractivity contribution in [2.75, 3.05) is 26.7 Å². The smallest absolute Gasteiger partial charge is 0.317 e. The van der Waals surface area contributed by atoms with Gasteiger partial charge in [-0.1, -0.05) is 12.1 Å². The zero-order valence-electron chi connectivity index (χ0n) is 17.5. The summed E-state index contributed by atoms with van der Waals surface area (Å²) in [5.41, 5.74) is 1.16. The number of hydrogen-bond donors (Lipinski definition) is 1. The third-order valence-corrected chi connectivity index (χ3v) is 5.23. The van der Waals surface area contributed by atoms with Gasteiger partial charge in [-0.2, -0.15) is 5.10 Å². The van der Waals surface area contributed by atoms with Gasteiger partial charge in [0.1, 0.15) is 11.9 Å². The number of hydrogen-bond acceptors (Lipinski definition) is 6. The molecule has 2 amide bonds. The average Bonchev–Trinajstić information content (AvgIpc) is 3.35. The number of nitrogens with zero attached hydrogens (tertiary/aromatic N) is 5. The Hall–Kier alpha value is -3.62. The van der Waals surface area contributed by atoms with Crippen molar-refractivity contribution < 1.29 is 14.3 Å². The Bertz CT molecular complexity index is 952. The number of carbonyl (C=O) groups is 1. The van der Waals surface area contributed by atoms with E-state index in [-0.39, 0.29) is 12.1 Å². The summed E-state index contributed by atoms with van der Waals surface area (Å²) in [7, 11) is 1.65. The van der Waals surface area contributed by atoms with E-state index in [9.17, 15) is 4.79 Å². The molecule has 0 radical (unpaired) electrons. The largest absolute Gasteiger partial charge is 0.497 e. The molecule has 1 aromatic carbocycles. The maximum Gasteiger partial charge on any atom is 0.317 e. The molecule has 162 valence electrons. The summed E-state index contributed by atoms with van der Waals surface area (Å²) in [5.74, 6) is 1.95. The summed E-state index contributed by atoms with van der Waals surface area (Å²) in [6, 6.07) is 13.3. The maximum atomic E-state index is 12.4. The van der Waals surface area contributed by atoms with Crippen LogP contribution < -0.4 is 14.8 Å². The van der Waals surface area contributed by atoms with E-state index < -0.39 is 0 Å². The molecular weight excluding hydrogens is 396 g/mol. The number of urea groups is 1. The Kier molecular flexibility index (Phi) is 6.61. The fourth-order valence-corrected chi connectivity index (χ4v) is 3.47. The third kappa shape index (κ3) is 5.50. The minimum Gasteiger partial charge on any atom is -0.497 e. The molecule has 3 heterocycles. The first-order valence-corrected chi connectivity index (χ1v) is 10.4. The maximum absolute atomic E-state index is 12.4. The monoisotopic (exact) mass is 422 g/mol. The van der Waals surface area contributed by atoms with Gasteiger partial charge >= 0.3 is 6.03 Å². The van der Waals surface area contributed by atoms with Gasteiger partial charge in [-0.05, 0) is 36.2 Å². The molecule has 2 aromatic heterocycles. The lowest BCUT2D eigenvalue weighted by atomic mass is 10.1. The number of ether oxygens (including phenoxy) is 2. The first-order chi connectivity index (χ1) is 15.2. The van der Waals surface area contributed by atoms with Crippen molar-refractivity contribution in [2.45, 2.75) is 25.4 Å². The van der Waals surface area contributed by atoms with Crippen LogP contribution in [0.15, 0.2) is 54.9 Å². The van der Waals surface area contributed by atoms with Crippen LogP contribution in [-0.2, 0) is 6.42 Å². The number of piperidine rings is 1. The predicted octanol–water partition coefficient (Wildman–Crippen LogP) is 2.47. The van der Waals surface area contributed by atoms with E-state index in [0.29, 0.717) is 31.3 Å². The number of aromatic nitrogens is 4. The second-order valence-electron chi connectivity index (χ2n) is 7.31. The molecule has 9 nitrogen and oxygen atoms in total. The topological polar surface area (TPSA) is 94.4 Å². The fraction of sp³-hybridized carbons (Fsp3) is 0.364. The first-order valence-electron chi connectivity index (χ1n) is 10.4. The zero-order chi connectivity index (χ0) is 21.5. The highest BCUT2D eigenvalue weighted by Crippen LogP contribution is 2.17. The predicted molar refractivity (Wildman–Crippen MR) is 114 cm³/mol. The van der Waals surface area contributed by atoms with Crippen LogP contribution in [0.2, 0.25) is 0 Å². The van der Waals surface area contributed by atoms with E-state index in [1.165, 1.54) is 0 Å². The standard InChI is InChI=1S/C22H26N6O3/c1-30-18-5-3-17(4-6-18)9-13-23-22(29)27-15-10-19(11-16-27)31-21-8-7-20(25-26-21)28-14-2-12-24-28/h2-8,12,14,19H,9-11,13,15-16H2,1H3,(H,23,29). The molecule has 4 rings (SSSR count). The van der Waals surface area contributed by atoms with Crippen LogP contribution in [0.1, 0.15) is 18.4 Å². The summed E-state index contributed by atoms with van der Waals surface area (Å²) in [6.45, 7) is 1.90. The van der Waals surface area contributed by atoms with Gasteiger partial charge in [-0.25, -0.2) is 9.48 Å². The number of carbonyl (C=O) groups excluding carboxylic acids is 1. The first kappa shape index (κ1) is 20.6. The van der Waals surface area contributed by atoms with Crippen LogP contribution in [0, 0.1) is 0 Å². The third-order valence-electron chi connectivity index (χ3n) is 5.23. The fourth-order valence-electron chi connectivity index (χ4n) is 3.47. The van der Waals surface area contributed by atoms with Crippen LogP contribution in [0.4, 0.5) is 4.79 Å². The van der Waals surface area contributed by atoms with E-state index in [1.807, 2.05) is 47.5 Å². The van der Waals surface area contributed by atoms with E-state index in [0.717, 1.165) is 30.6 Å². The lowest BCUT2D eigenvalue weighted by molar-refractivity contribution is 0.106. The van der Waals surface area contributed by atoms with Gasteiger partial charge in [0.05, 0.1) is 7.11 Å². The number of amides is 2. The van der Waals surface area contributed by atoms with Crippen molar-refractivity contribution in [1.82, 2.24) is 30.2 Å². The highest BCUT2D eigenvalue weighted by Gasteiger charge is 2.24. The van der Waals surface area contributed by atoms with E-state index in [2.05, 4.69) is 20.6 Å². The molecular formula is C22H26N6O3. The molecule has 0 atom stereocenters. The van der Waals surface area contributed by atoms with E-state index in [4.69, 9.17) is 9.47 Å². The molecule has 31 heavy (non-hydrogen) atoms. The molecule has 0 unspecified atom stereocenters. The molecule has 0 bridgehead atoms. The van der Waals surface area contributed by atoms with Crippen molar-refractivity contribution in [3.05, 3.63) is 60.4 Å². The minimum atomic E-state index is -0.0321. The Morgan fingerprint density at radius 3 is 2.58 bits per heavy atom. The summed E-state index contributed by atoms with van der Waals surface area (Å²) in [4.78, 5) is 14.3. The number of nitrogens with one attached hydrogen (secondary N) is 1. The number of rotatable bonds is 7. The van der Waals surface area contributed by atoms with Gasteiger partial charge in [-0.3, -0.25) is 0 Å². The Morgan fingerprint density at radius 1 is 1.13 bits per heavy atom. The van der Waals surface area contributed by atoms with Crippen LogP contribution in [0.25, 0.3) is 5.82 Å². The molecule has 0 spiro atoms. The number of benzene rings is 1. The Balaban J connectivity index is 1.18. The second kappa shape index (κ2) is 9.92. The van der Waals surface area contributed by atoms with Gasteiger partial charge in [-0.15, -0.1) is 10.2 Å². The summed E-state index contributed by atoms with van der Waals surface area (Å²) < 4.78 is 12.7. The van der Waals surface area contributed by atoms with Crippen molar-refractivity contribution in [3.63, 3.8) is 0 Å². The van der Waals surface area contributed by atoms with Crippen molar-refractivity contribution in [2.24, 2.45) is 0 Å². The lowest BCUT2D eigenvalue weighted by Gasteiger charge is -2.31. The van der Waals surface area contributed by atoms with Crippen molar-refractivity contribution >= 4 is 6.03 Å². The normalized spacial score (nSPS) is 14.3. The van der Waals surface area contributed by atoms with Crippen LogP contribution in [0.5, 0.6) is 11.6 Å². The molecule has 0 aliphatic carbocycles. The van der Waals surface area contributed by atoms with Gasteiger partial charge in [0, 0.05) is 50.9 Å². The van der Waals surface area contributed by atoms with E-state index >= 15 is 0 Å². The molecule has 3 aromatic rings. The molecule has 1 aliphatic heterocycles. The van der Waals surface area contributed by atoms with Crippen LogP contribution in [-0.4, -0.2) is 63.8 Å². The average molecular weight is 422 g/mol. The summed E-state index contributed by atoms with van der Waals surface area (Å²) >= 11 is 0. The van der Waals surface area contributed by atoms with Gasteiger partial charge in [0.15, 0.2) is 5.82 Å². The lowest BCUT2D eigenvalue weighted by Crippen LogP contribution is -2.46. The SMILES string of the molecule is COc1ccc(CCNC(=O)N2CCC(Oc3ccc(-n4cccn4)nn3)CC2)cc1. The highest BCUT2D eigenvalue weighted by atomic mass is 16.5. The summed E-state index contributed by atoms with van der Waals surface area (Å²) in [6.07, 6.45) is 5.82. The minimum absolute atomic E-state index is 0.0215. The highest BCUT2D eigenvalue weighted by molar-refractivity contribution is 5.74. The molecule has 1 N–H and O–H groups in total. The molecule has 1 fully saturated rings. The number of methoxy groups -OCH3 is 1. The summed E-state index contributed by atoms with van der Waals surface area (Å²) in [5, 5.41) is 15.4. The van der Waals surface area contributed by atoms with Crippen molar-refractivity contribution in [1.29, 1.82) is 0 Å². The molecule has 1 aliphatic rings. The molecule has 9 heteroatoms. The quantitative estimate of drug-likeness (QED) is 0.629. The van der Waals surface area contributed by atoms with Crippen molar-refractivity contribution in [3.8, 4) is 17.4 Å². The number of likely N-dealkylation sites (tertiary alicyclic amines) is 1. The molecule has 0 saturated carbocycles. The van der Waals surface area contributed by atoms with Gasteiger partial charge in [0.2, 0.25) is 5.88 Å². The van der Waals surface area contributed by atoms with Gasteiger partial charge < -0.3 is 19.7 Å². The van der Waals surface area contributed by atoms with Gasteiger partial charge in [0.25, 0.3) is 0 Å². The zero-order valence-corrected chi connectivity index (χ0v) is 17.5.